The Hall–Kier alpha value is -1.38. The summed E-state index contributed by atoms with van der Waals surface area (Å²) < 4.78 is 0. The van der Waals surface area contributed by atoms with Gasteiger partial charge in [0.1, 0.15) is 5.82 Å². The summed E-state index contributed by atoms with van der Waals surface area (Å²) in [6.45, 7) is 8.19. The van der Waals surface area contributed by atoms with Crippen molar-refractivity contribution in [3.8, 4) is 0 Å². The summed E-state index contributed by atoms with van der Waals surface area (Å²) in [6, 6.07) is 4.20. The third-order valence-corrected chi connectivity index (χ3v) is 2.99. The standard InChI is InChI=1S/C14H22N2O/c1-10(2)8-11(3)16(5)14-7-6-13(9-15-14)12(4)17/h6-7,9-11H,8H2,1-5H3. The fourth-order valence-corrected chi connectivity index (χ4v) is 1.87. The lowest BCUT2D eigenvalue weighted by molar-refractivity contribution is 0.101. The summed E-state index contributed by atoms with van der Waals surface area (Å²) in [7, 11) is 2.04. The van der Waals surface area contributed by atoms with Gasteiger partial charge in [0.25, 0.3) is 0 Å². The Kier molecular flexibility index (Phi) is 4.67. The average molecular weight is 234 g/mol. The van der Waals surface area contributed by atoms with Gasteiger partial charge < -0.3 is 4.90 Å². The second-order valence-corrected chi connectivity index (χ2v) is 5.05. The number of aromatic nitrogens is 1. The van der Waals surface area contributed by atoms with Gasteiger partial charge in [-0.2, -0.15) is 0 Å². The van der Waals surface area contributed by atoms with Crippen LogP contribution >= 0.6 is 0 Å². The molecule has 94 valence electrons. The molecule has 0 saturated heterocycles. The van der Waals surface area contributed by atoms with Crippen LogP contribution in [0.2, 0.25) is 0 Å². The second kappa shape index (κ2) is 5.80. The number of pyridine rings is 1. The Bertz CT molecular complexity index is 370. The quantitative estimate of drug-likeness (QED) is 0.734. The third kappa shape index (κ3) is 3.84. The van der Waals surface area contributed by atoms with Crippen LogP contribution in [0.3, 0.4) is 0 Å². The first-order valence-electron chi connectivity index (χ1n) is 6.11. The van der Waals surface area contributed by atoms with E-state index in [-0.39, 0.29) is 5.78 Å². The Balaban J connectivity index is 2.75. The van der Waals surface area contributed by atoms with Gasteiger partial charge in [-0.25, -0.2) is 4.98 Å². The Morgan fingerprint density at radius 1 is 1.35 bits per heavy atom. The van der Waals surface area contributed by atoms with Crippen molar-refractivity contribution in [2.24, 2.45) is 5.92 Å². The number of nitrogens with zero attached hydrogens (tertiary/aromatic N) is 2. The molecular weight excluding hydrogens is 212 g/mol. The third-order valence-electron chi connectivity index (χ3n) is 2.99. The van der Waals surface area contributed by atoms with Crippen molar-refractivity contribution in [1.29, 1.82) is 0 Å². The molecule has 0 amide bonds. The van der Waals surface area contributed by atoms with Crippen molar-refractivity contribution in [3.63, 3.8) is 0 Å². The minimum atomic E-state index is 0.0573. The van der Waals surface area contributed by atoms with E-state index in [9.17, 15) is 4.79 Å². The van der Waals surface area contributed by atoms with Crippen LogP contribution in [0, 0.1) is 5.92 Å². The van der Waals surface area contributed by atoms with Crippen molar-refractivity contribution >= 4 is 11.6 Å². The van der Waals surface area contributed by atoms with Crippen LogP contribution in [0.25, 0.3) is 0 Å². The van der Waals surface area contributed by atoms with E-state index in [0.717, 1.165) is 12.2 Å². The number of ketones is 1. The molecule has 0 bridgehead atoms. The van der Waals surface area contributed by atoms with Gasteiger partial charge in [0.15, 0.2) is 5.78 Å². The van der Waals surface area contributed by atoms with E-state index < -0.39 is 0 Å². The number of carbonyl (C=O) groups is 1. The van der Waals surface area contributed by atoms with E-state index in [0.29, 0.717) is 17.5 Å². The highest BCUT2D eigenvalue weighted by atomic mass is 16.1. The van der Waals surface area contributed by atoms with Gasteiger partial charge in [0.2, 0.25) is 0 Å². The molecule has 1 rings (SSSR count). The highest BCUT2D eigenvalue weighted by Gasteiger charge is 2.12. The summed E-state index contributed by atoms with van der Waals surface area (Å²) in [4.78, 5) is 17.6. The maximum absolute atomic E-state index is 11.2. The van der Waals surface area contributed by atoms with E-state index in [1.165, 1.54) is 0 Å². The van der Waals surface area contributed by atoms with Crippen molar-refractivity contribution in [2.45, 2.75) is 40.2 Å². The van der Waals surface area contributed by atoms with Gasteiger partial charge in [-0.15, -0.1) is 0 Å². The van der Waals surface area contributed by atoms with Gasteiger partial charge in [-0.05, 0) is 38.3 Å². The molecule has 0 aromatic carbocycles. The van der Waals surface area contributed by atoms with Gasteiger partial charge in [-0.1, -0.05) is 13.8 Å². The molecule has 0 aliphatic carbocycles. The summed E-state index contributed by atoms with van der Waals surface area (Å²) in [6.07, 6.45) is 2.78. The first kappa shape index (κ1) is 13.7. The van der Waals surface area contributed by atoms with Crippen LogP contribution in [0.15, 0.2) is 18.3 Å². The van der Waals surface area contributed by atoms with Crippen LogP contribution in [0.5, 0.6) is 0 Å². The normalized spacial score (nSPS) is 12.6. The zero-order valence-corrected chi connectivity index (χ0v) is 11.4. The molecule has 1 heterocycles. The maximum atomic E-state index is 11.2. The molecule has 3 nitrogen and oxygen atoms in total. The van der Waals surface area contributed by atoms with Crippen LogP contribution in [-0.4, -0.2) is 23.9 Å². The zero-order chi connectivity index (χ0) is 13.0. The molecule has 1 atom stereocenters. The fraction of sp³-hybridized carbons (Fsp3) is 0.571. The summed E-state index contributed by atoms with van der Waals surface area (Å²) >= 11 is 0. The average Bonchev–Trinajstić information content (AvgIpc) is 2.27. The largest absolute Gasteiger partial charge is 0.357 e. The van der Waals surface area contributed by atoms with Gasteiger partial charge in [-0.3, -0.25) is 4.79 Å². The molecule has 0 N–H and O–H groups in total. The topological polar surface area (TPSA) is 33.2 Å². The van der Waals surface area contributed by atoms with E-state index in [1.807, 2.05) is 19.2 Å². The van der Waals surface area contributed by atoms with E-state index >= 15 is 0 Å². The monoisotopic (exact) mass is 234 g/mol. The molecule has 17 heavy (non-hydrogen) atoms. The van der Waals surface area contributed by atoms with Crippen molar-refractivity contribution in [2.75, 3.05) is 11.9 Å². The van der Waals surface area contributed by atoms with Crippen molar-refractivity contribution < 1.29 is 4.79 Å². The Morgan fingerprint density at radius 2 is 2.00 bits per heavy atom. The van der Waals surface area contributed by atoms with E-state index in [1.54, 1.807) is 13.1 Å². The maximum Gasteiger partial charge on any atom is 0.161 e. The predicted molar refractivity (Wildman–Crippen MR) is 71.6 cm³/mol. The lowest BCUT2D eigenvalue weighted by Crippen LogP contribution is -2.30. The van der Waals surface area contributed by atoms with Crippen LogP contribution < -0.4 is 4.90 Å². The van der Waals surface area contributed by atoms with Crippen molar-refractivity contribution in [3.05, 3.63) is 23.9 Å². The highest BCUT2D eigenvalue weighted by molar-refractivity contribution is 5.93. The molecule has 0 radical (unpaired) electrons. The number of Topliss-reactive ketones (excluding diaryl/α,β-unsaturated/α-hetero) is 1. The summed E-state index contributed by atoms with van der Waals surface area (Å²) in [5, 5.41) is 0. The van der Waals surface area contributed by atoms with Gasteiger partial charge in [0.05, 0.1) is 0 Å². The van der Waals surface area contributed by atoms with Gasteiger partial charge in [0, 0.05) is 24.8 Å². The minimum Gasteiger partial charge on any atom is -0.357 e. The smallest absolute Gasteiger partial charge is 0.161 e. The predicted octanol–water partition coefficient (Wildman–Crippen LogP) is 3.16. The zero-order valence-electron chi connectivity index (χ0n) is 11.4. The van der Waals surface area contributed by atoms with E-state index in [4.69, 9.17) is 0 Å². The van der Waals surface area contributed by atoms with Crippen LogP contribution in [0.4, 0.5) is 5.82 Å². The highest BCUT2D eigenvalue weighted by Crippen LogP contribution is 2.17. The number of carbonyl (C=O) groups excluding carboxylic acids is 1. The fourth-order valence-electron chi connectivity index (χ4n) is 1.87. The van der Waals surface area contributed by atoms with Crippen LogP contribution in [0.1, 0.15) is 44.5 Å². The summed E-state index contributed by atoms with van der Waals surface area (Å²) in [5.41, 5.74) is 0.665. The summed E-state index contributed by atoms with van der Waals surface area (Å²) in [5.74, 6) is 1.65. The van der Waals surface area contributed by atoms with E-state index in [2.05, 4.69) is 30.7 Å². The molecular formula is C14H22N2O. The Labute approximate surface area is 104 Å². The lowest BCUT2D eigenvalue weighted by Gasteiger charge is -2.27. The molecule has 0 fully saturated rings. The second-order valence-electron chi connectivity index (χ2n) is 5.05. The molecule has 1 unspecified atom stereocenters. The number of hydrogen-bond donors (Lipinski definition) is 0. The molecule has 0 aliphatic heterocycles. The lowest BCUT2D eigenvalue weighted by atomic mass is 10.0. The first-order chi connectivity index (χ1) is 7.91. The molecule has 3 heteroatoms. The molecule has 0 spiro atoms. The van der Waals surface area contributed by atoms with Crippen molar-refractivity contribution in [1.82, 2.24) is 4.98 Å². The number of rotatable bonds is 5. The van der Waals surface area contributed by atoms with Crippen LogP contribution in [-0.2, 0) is 0 Å². The minimum absolute atomic E-state index is 0.0573. The molecule has 1 aromatic heterocycles. The molecule has 0 saturated carbocycles. The first-order valence-corrected chi connectivity index (χ1v) is 6.11. The molecule has 0 aliphatic rings. The van der Waals surface area contributed by atoms with Gasteiger partial charge >= 0.3 is 0 Å². The number of hydrogen-bond acceptors (Lipinski definition) is 3. The molecule has 1 aromatic rings. The Morgan fingerprint density at radius 3 is 2.41 bits per heavy atom. The SMILES string of the molecule is CC(=O)c1ccc(N(C)C(C)CC(C)C)nc1. The number of anilines is 1.